The van der Waals surface area contributed by atoms with Gasteiger partial charge in [0.15, 0.2) is 11.6 Å². The highest BCUT2D eigenvalue weighted by molar-refractivity contribution is 6.07. The summed E-state index contributed by atoms with van der Waals surface area (Å²) in [5.74, 6) is 0.325. The predicted molar refractivity (Wildman–Crippen MR) is 97.7 cm³/mol. The summed E-state index contributed by atoms with van der Waals surface area (Å²) >= 11 is 0. The van der Waals surface area contributed by atoms with Crippen LogP contribution in [0.5, 0.6) is 0 Å². The molecule has 0 spiro atoms. The highest BCUT2D eigenvalue weighted by Crippen LogP contribution is 2.21. The molecule has 26 heavy (non-hydrogen) atoms. The number of carbonyl (C=O) groups excluding carboxylic acids is 2. The molecule has 1 amide bonds. The molecule has 0 unspecified atom stereocenters. The molecular weight excluding hydrogens is 330 g/mol. The van der Waals surface area contributed by atoms with Gasteiger partial charge in [0.25, 0.3) is 5.91 Å². The minimum Gasteiger partial charge on any atom is -0.320 e. The SMILES string of the molecule is CCc1nnnn1-c1ccccc1NC(=O)c1ccc(C)c(C(C)=O)c1. The lowest BCUT2D eigenvalue weighted by atomic mass is 10.0. The molecule has 1 heterocycles. The quantitative estimate of drug-likeness (QED) is 0.715. The maximum absolute atomic E-state index is 12.7. The van der Waals surface area contributed by atoms with Crippen molar-refractivity contribution < 1.29 is 9.59 Å². The van der Waals surface area contributed by atoms with E-state index in [4.69, 9.17) is 0 Å². The second-order valence-electron chi connectivity index (χ2n) is 5.92. The zero-order valence-electron chi connectivity index (χ0n) is 14.9. The number of aryl methyl sites for hydroxylation is 2. The fourth-order valence-corrected chi connectivity index (χ4v) is 2.71. The molecule has 3 rings (SSSR count). The summed E-state index contributed by atoms with van der Waals surface area (Å²) in [5.41, 5.74) is 3.07. The first kappa shape index (κ1) is 17.5. The lowest BCUT2D eigenvalue weighted by Gasteiger charge is -2.12. The van der Waals surface area contributed by atoms with Crippen molar-refractivity contribution in [1.82, 2.24) is 20.2 Å². The Kier molecular flexibility index (Phi) is 4.88. The second-order valence-corrected chi connectivity index (χ2v) is 5.92. The Balaban J connectivity index is 1.94. The van der Waals surface area contributed by atoms with Gasteiger partial charge in [0.05, 0.1) is 11.4 Å². The van der Waals surface area contributed by atoms with Crippen molar-refractivity contribution in [1.29, 1.82) is 0 Å². The van der Waals surface area contributed by atoms with E-state index >= 15 is 0 Å². The topological polar surface area (TPSA) is 89.8 Å². The summed E-state index contributed by atoms with van der Waals surface area (Å²) < 4.78 is 1.60. The molecule has 1 aromatic heterocycles. The van der Waals surface area contributed by atoms with E-state index in [0.717, 1.165) is 5.56 Å². The molecule has 0 atom stereocenters. The Morgan fingerprint density at radius 2 is 1.92 bits per heavy atom. The van der Waals surface area contributed by atoms with Crippen LogP contribution in [0.1, 0.15) is 46.0 Å². The number of rotatable bonds is 5. The predicted octanol–water partition coefficient (Wildman–Crippen LogP) is 2.99. The third kappa shape index (κ3) is 3.37. The van der Waals surface area contributed by atoms with Gasteiger partial charge >= 0.3 is 0 Å². The van der Waals surface area contributed by atoms with E-state index in [2.05, 4.69) is 20.8 Å². The van der Waals surface area contributed by atoms with Gasteiger partial charge in [-0.15, -0.1) is 5.10 Å². The number of anilines is 1. The van der Waals surface area contributed by atoms with Gasteiger partial charge < -0.3 is 5.32 Å². The first-order valence-corrected chi connectivity index (χ1v) is 8.31. The third-order valence-corrected chi connectivity index (χ3v) is 4.11. The molecule has 0 bridgehead atoms. The van der Waals surface area contributed by atoms with Gasteiger partial charge in [0, 0.05) is 17.5 Å². The van der Waals surface area contributed by atoms with E-state index in [0.29, 0.717) is 34.7 Å². The van der Waals surface area contributed by atoms with Crippen LogP contribution in [0.4, 0.5) is 5.69 Å². The minimum atomic E-state index is -0.300. The van der Waals surface area contributed by atoms with Crippen LogP contribution in [0, 0.1) is 6.92 Å². The van der Waals surface area contributed by atoms with Crippen LogP contribution in [0.2, 0.25) is 0 Å². The number of tetrazole rings is 1. The number of amides is 1. The van der Waals surface area contributed by atoms with Crippen LogP contribution in [0.25, 0.3) is 5.69 Å². The van der Waals surface area contributed by atoms with Crippen molar-refractivity contribution in [3.63, 3.8) is 0 Å². The number of hydrogen-bond acceptors (Lipinski definition) is 5. The van der Waals surface area contributed by atoms with E-state index < -0.39 is 0 Å². The molecule has 0 fully saturated rings. The van der Waals surface area contributed by atoms with Crippen molar-refractivity contribution in [2.45, 2.75) is 27.2 Å². The van der Waals surface area contributed by atoms with Crippen molar-refractivity contribution in [2.75, 3.05) is 5.32 Å². The van der Waals surface area contributed by atoms with Crippen molar-refractivity contribution >= 4 is 17.4 Å². The van der Waals surface area contributed by atoms with E-state index in [1.807, 2.05) is 32.0 Å². The number of nitrogens with zero attached hydrogens (tertiary/aromatic N) is 4. The molecule has 0 radical (unpaired) electrons. The number of ketones is 1. The highest BCUT2D eigenvalue weighted by Gasteiger charge is 2.15. The van der Waals surface area contributed by atoms with Gasteiger partial charge in [-0.25, -0.2) is 0 Å². The molecule has 3 aromatic rings. The molecule has 7 heteroatoms. The maximum atomic E-state index is 12.7. The van der Waals surface area contributed by atoms with Crippen LogP contribution in [0.15, 0.2) is 42.5 Å². The van der Waals surface area contributed by atoms with Crippen LogP contribution in [-0.4, -0.2) is 31.9 Å². The number of para-hydroxylation sites is 2. The van der Waals surface area contributed by atoms with Crippen LogP contribution < -0.4 is 5.32 Å². The first-order valence-electron chi connectivity index (χ1n) is 8.31. The lowest BCUT2D eigenvalue weighted by molar-refractivity contribution is 0.101. The molecular formula is C19H19N5O2. The largest absolute Gasteiger partial charge is 0.320 e. The zero-order valence-corrected chi connectivity index (χ0v) is 14.9. The Hall–Kier alpha value is -3.35. The molecule has 0 aliphatic heterocycles. The van der Waals surface area contributed by atoms with Gasteiger partial charge in [0.2, 0.25) is 0 Å². The number of benzene rings is 2. The smallest absolute Gasteiger partial charge is 0.255 e. The van der Waals surface area contributed by atoms with Gasteiger partial charge in [-0.3, -0.25) is 9.59 Å². The van der Waals surface area contributed by atoms with Crippen LogP contribution >= 0.6 is 0 Å². The lowest BCUT2D eigenvalue weighted by Crippen LogP contribution is -2.15. The van der Waals surface area contributed by atoms with Crippen LogP contribution in [-0.2, 0) is 6.42 Å². The normalized spacial score (nSPS) is 10.6. The third-order valence-electron chi connectivity index (χ3n) is 4.11. The molecule has 0 aliphatic carbocycles. The molecule has 7 nitrogen and oxygen atoms in total. The van der Waals surface area contributed by atoms with E-state index in [1.54, 1.807) is 28.9 Å². The Bertz CT molecular complexity index is 978. The van der Waals surface area contributed by atoms with Crippen molar-refractivity contribution in [2.24, 2.45) is 0 Å². The number of hydrogen-bond donors (Lipinski definition) is 1. The van der Waals surface area contributed by atoms with Gasteiger partial charge in [-0.1, -0.05) is 25.1 Å². The fourth-order valence-electron chi connectivity index (χ4n) is 2.71. The zero-order chi connectivity index (χ0) is 18.7. The Morgan fingerprint density at radius 1 is 1.15 bits per heavy atom. The maximum Gasteiger partial charge on any atom is 0.255 e. The number of carbonyl (C=O) groups is 2. The summed E-state index contributed by atoms with van der Waals surface area (Å²) in [6.07, 6.45) is 0.662. The Morgan fingerprint density at radius 3 is 2.65 bits per heavy atom. The molecule has 2 aromatic carbocycles. The van der Waals surface area contributed by atoms with Crippen molar-refractivity contribution in [3.8, 4) is 5.69 Å². The number of aromatic nitrogens is 4. The van der Waals surface area contributed by atoms with Crippen molar-refractivity contribution in [3.05, 3.63) is 65.0 Å². The Labute approximate surface area is 151 Å². The summed E-state index contributed by atoms with van der Waals surface area (Å²) in [7, 11) is 0. The van der Waals surface area contributed by atoms with E-state index in [-0.39, 0.29) is 11.7 Å². The average Bonchev–Trinajstić information content (AvgIpc) is 3.10. The average molecular weight is 349 g/mol. The summed E-state index contributed by atoms with van der Waals surface area (Å²) in [5, 5.41) is 14.6. The molecule has 132 valence electrons. The van der Waals surface area contributed by atoms with Gasteiger partial charge in [-0.2, -0.15) is 4.68 Å². The monoisotopic (exact) mass is 349 g/mol. The minimum absolute atomic E-state index is 0.0705. The highest BCUT2D eigenvalue weighted by atomic mass is 16.1. The summed E-state index contributed by atoms with van der Waals surface area (Å²) in [6.45, 7) is 5.29. The summed E-state index contributed by atoms with van der Waals surface area (Å²) in [6, 6.07) is 12.4. The first-order chi connectivity index (χ1) is 12.5. The second kappa shape index (κ2) is 7.26. The molecule has 1 N–H and O–H groups in total. The summed E-state index contributed by atoms with van der Waals surface area (Å²) in [4.78, 5) is 24.4. The number of nitrogens with one attached hydrogen (secondary N) is 1. The molecule has 0 saturated carbocycles. The standard InChI is InChI=1S/C19H19N5O2/c1-4-18-21-22-23-24(18)17-8-6-5-7-16(17)20-19(26)14-10-9-12(2)15(11-14)13(3)25/h5-11H,4H2,1-3H3,(H,20,26). The van der Waals surface area contributed by atoms with Crippen LogP contribution in [0.3, 0.4) is 0 Å². The number of Topliss-reactive ketones (excluding diaryl/α,β-unsaturated/α-hetero) is 1. The van der Waals surface area contributed by atoms with E-state index in [1.165, 1.54) is 6.92 Å². The molecule has 0 aliphatic rings. The molecule has 0 saturated heterocycles. The van der Waals surface area contributed by atoms with Gasteiger partial charge in [0.1, 0.15) is 0 Å². The van der Waals surface area contributed by atoms with Gasteiger partial charge in [-0.05, 0) is 54.1 Å². The fraction of sp³-hybridized carbons (Fsp3) is 0.211. The van der Waals surface area contributed by atoms with E-state index in [9.17, 15) is 9.59 Å².